The van der Waals surface area contributed by atoms with Gasteiger partial charge in [-0.3, -0.25) is 0 Å². The van der Waals surface area contributed by atoms with E-state index in [2.05, 4.69) is 5.48 Å². The topological polar surface area (TPSA) is 60.0 Å². The number of hydrogen-bond acceptors (Lipinski definition) is 5. The first-order valence-electron chi connectivity index (χ1n) is 5.18. The molecule has 0 spiro atoms. The molecule has 88 valence electrons. The van der Waals surface area contributed by atoms with Crippen molar-refractivity contribution in [2.24, 2.45) is 0 Å². The fourth-order valence-corrected chi connectivity index (χ4v) is 1.53. The van der Waals surface area contributed by atoms with Crippen molar-refractivity contribution < 1.29 is 19.4 Å². The lowest BCUT2D eigenvalue weighted by Gasteiger charge is -2.11. The zero-order valence-corrected chi connectivity index (χ0v) is 9.16. The quantitative estimate of drug-likeness (QED) is 0.757. The van der Waals surface area contributed by atoms with Crippen molar-refractivity contribution in [1.82, 2.24) is 5.48 Å². The van der Waals surface area contributed by atoms with Crippen LogP contribution in [0.5, 0.6) is 17.2 Å². The number of nitrogens with one attached hydrogen (secondary N) is 1. The second-order valence-electron chi connectivity index (χ2n) is 3.50. The lowest BCUT2D eigenvalue weighted by Crippen LogP contribution is -2.11. The third-order valence-corrected chi connectivity index (χ3v) is 2.36. The van der Waals surface area contributed by atoms with E-state index in [1.807, 2.05) is 0 Å². The van der Waals surface area contributed by atoms with Gasteiger partial charge >= 0.3 is 0 Å². The van der Waals surface area contributed by atoms with Crippen LogP contribution in [0.15, 0.2) is 12.1 Å². The Morgan fingerprint density at radius 3 is 2.69 bits per heavy atom. The molecule has 0 saturated carbocycles. The van der Waals surface area contributed by atoms with Crippen LogP contribution in [0.3, 0.4) is 0 Å². The Kier molecular flexibility index (Phi) is 3.48. The van der Waals surface area contributed by atoms with Crippen LogP contribution < -0.4 is 15.0 Å². The molecule has 0 unspecified atom stereocenters. The van der Waals surface area contributed by atoms with Crippen LogP contribution in [0.25, 0.3) is 0 Å². The van der Waals surface area contributed by atoms with Gasteiger partial charge in [-0.25, -0.2) is 0 Å². The van der Waals surface area contributed by atoms with Gasteiger partial charge in [0.15, 0.2) is 11.5 Å². The molecule has 0 fully saturated rings. The SMILES string of the molecule is CONCc1cc2c(cc1O)OCCCO2. The van der Waals surface area contributed by atoms with Gasteiger partial charge < -0.3 is 19.4 Å². The zero-order valence-electron chi connectivity index (χ0n) is 9.16. The monoisotopic (exact) mass is 225 g/mol. The number of aromatic hydroxyl groups is 1. The van der Waals surface area contributed by atoms with E-state index in [-0.39, 0.29) is 5.75 Å². The summed E-state index contributed by atoms with van der Waals surface area (Å²) in [6.07, 6.45) is 0.848. The van der Waals surface area contributed by atoms with Crippen LogP contribution in [0.4, 0.5) is 0 Å². The van der Waals surface area contributed by atoms with E-state index in [1.54, 1.807) is 12.1 Å². The van der Waals surface area contributed by atoms with E-state index in [0.717, 1.165) is 6.42 Å². The molecule has 1 aromatic carbocycles. The highest BCUT2D eigenvalue weighted by atomic mass is 16.6. The first-order valence-corrected chi connectivity index (χ1v) is 5.18. The van der Waals surface area contributed by atoms with Crippen molar-refractivity contribution in [3.8, 4) is 17.2 Å². The summed E-state index contributed by atoms with van der Waals surface area (Å²) in [5.41, 5.74) is 3.39. The maximum atomic E-state index is 9.75. The number of hydrogen-bond donors (Lipinski definition) is 2. The van der Waals surface area contributed by atoms with Gasteiger partial charge in [0.05, 0.1) is 20.3 Å². The predicted molar refractivity (Wildman–Crippen MR) is 57.6 cm³/mol. The smallest absolute Gasteiger partial charge is 0.164 e. The minimum atomic E-state index is 0.175. The van der Waals surface area contributed by atoms with Crippen LogP contribution in [0.2, 0.25) is 0 Å². The first kappa shape index (κ1) is 11.0. The molecular weight excluding hydrogens is 210 g/mol. The number of hydroxylamine groups is 1. The lowest BCUT2D eigenvalue weighted by atomic mass is 10.2. The molecule has 0 atom stereocenters. The summed E-state index contributed by atoms with van der Waals surface area (Å²) in [6.45, 7) is 1.66. The highest BCUT2D eigenvalue weighted by Crippen LogP contribution is 2.35. The summed E-state index contributed by atoms with van der Waals surface area (Å²) < 4.78 is 11.0. The number of phenolic OH excluding ortho intramolecular Hbond substituents is 1. The molecule has 5 heteroatoms. The normalized spacial score (nSPS) is 14.6. The van der Waals surface area contributed by atoms with Gasteiger partial charge in [0, 0.05) is 24.6 Å². The molecule has 0 saturated heterocycles. The molecule has 1 aliphatic rings. The largest absolute Gasteiger partial charge is 0.507 e. The maximum Gasteiger partial charge on any atom is 0.164 e. The number of fused-ring (bicyclic) bond motifs is 1. The minimum absolute atomic E-state index is 0.175. The first-order chi connectivity index (χ1) is 7.81. The van der Waals surface area contributed by atoms with Gasteiger partial charge in [0.1, 0.15) is 5.75 Å². The second kappa shape index (κ2) is 5.05. The minimum Gasteiger partial charge on any atom is -0.507 e. The Morgan fingerprint density at radius 2 is 2.00 bits per heavy atom. The summed E-state index contributed by atoms with van der Waals surface area (Å²) in [5.74, 6) is 1.44. The van der Waals surface area contributed by atoms with Gasteiger partial charge in [-0.05, 0) is 6.07 Å². The molecule has 0 aromatic heterocycles. The molecule has 0 amide bonds. The van der Waals surface area contributed by atoms with Crippen LogP contribution >= 0.6 is 0 Å². The number of benzene rings is 1. The van der Waals surface area contributed by atoms with Crippen LogP contribution in [-0.4, -0.2) is 25.4 Å². The van der Waals surface area contributed by atoms with Crippen LogP contribution in [0, 0.1) is 0 Å². The molecule has 0 radical (unpaired) electrons. The highest BCUT2D eigenvalue weighted by molar-refractivity contribution is 5.50. The Labute approximate surface area is 93.9 Å². The van der Waals surface area contributed by atoms with Crippen LogP contribution in [0.1, 0.15) is 12.0 Å². The number of phenols is 1. The average molecular weight is 225 g/mol. The van der Waals surface area contributed by atoms with Crippen molar-refractivity contribution in [2.75, 3.05) is 20.3 Å². The van der Waals surface area contributed by atoms with Gasteiger partial charge in [-0.15, -0.1) is 0 Å². The molecule has 0 bridgehead atoms. The second-order valence-corrected chi connectivity index (χ2v) is 3.50. The molecule has 16 heavy (non-hydrogen) atoms. The Morgan fingerprint density at radius 1 is 1.31 bits per heavy atom. The number of ether oxygens (including phenoxy) is 2. The standard InChI is InChI=1S/C11H15NO4/c1-14-12-7-8-5-10-11(6-9(8)13)16-4-2-3-15-10/h5-6,12-13H,2-4,7H2,1H3. The van der Waals surface area contributed by atoms with Gasteiger partial charge in [0.2, 0.25) is 0 Å². The molecule has 0 aliphatic carbocycles. The Bertz CT molecular complexity index is 367. The van der Waals surface area contributed by atoms with Crippen molar-refractivity contribution in [2.45, 2.75) is 13.0 Å². The fourth-order valence-electron chi connectivity index (χ4n) is 1.53. The molecular formula is C11H15NO4. The van der Waals surface area contributed by atoms with Crippen molar-refractivity contribution in [3.63, 3.8) is 0 Å². The Hall–Kier alpha value is -1.46. The number of rotatable bonds is 3. The third-order valence-electron chi connectivity index (χ3n) is 2.36. The fraction of sp³-hybridized carbons (Fsp3) is 0.455. The van der Waals surface area contributed by atoms with Crippen LogP contribution in [-0.2, 0) is 11.4 Å². The Balaban J connectivity index is 2.24. The predicted octanol–water partition coefficient (Wildman–Crippen LogP) is 1.20. The molecule has 5 nitrogen and oxygen atoms in total. The summed E-state index contributed by atoms with van der Waals surface area (Å²) in [4.78, 5) is 4.74. The van der Waals surface area contributed by atoms with E-state index in [4.69, 9.17) is 14.3 Å². The summed E-state index contributed by atoms with van der Waals surface area (Å²) in [6, 6.07) is 3.34. The highest BCUT2D eigenvalue weighted by Gasteiger charge is 2.14. The van der Waals surface area contributed by atoms with Crippen molar-refractivity contribution in [3.05, 3.63) is 17.7 Å². The molecule has 2 N–H and O–H groups in total. The molecule has 1 aromatic rings. The summed E-state index contributed by atoms with van der Waals surface area (Å²) in [7, 11) is 1.53. The molecule has 1 heterocycles. The zero-order chi connectivity index (χ0) is 11.4. The van der Waals surface area contributed by atoms with E-state index in [9.17, 15) is 5.11 Å². The lowest BCUT2D eigenvalue weighted by molar-refractivity contribution is 0.0861. The summed E-state index contributed by atoms with van der Waals surface area (Å²) in [5, 5.41) is 9.75. The third kappa shape index (κ3) is 2.37. The maximum absolute atomic E-state index is 9.75. The van der Waals surface area contributed by atoms with Gasteiger partial charge in [-0.1, -0.05) is 0 Å². The van der Waals surface area contributed by atoms with Crippen molar-refractivity contribution in [1.29, 1.82) is 0 Å². The van der Waals surface area contributed by atoms with Gasteiger partial charge in [-0.2, -0.15) is 5.48 Å². The average Bonchev–Trinajstić information content (AvgIpc) is 2.50. The molecule has 2 rings (SSSR count). The van der Waals surface area contributed by atoms with Crippen molar-refractivity contribution >= 4 is 0 Å². The van der Waals surface area contributed by atoms with Gasteiger partial charge in [0.25, 0.3) is 0 Å². The summed E-state index contributed by atoms with van der Waals surface area (Å²) >= 11 is 0. The van der Waals surface area contributed by atoms with E-state index >= 15 is 0 Å². The van der Waals surface area contributed by atoms with E-state index in [0.29, 0.717) is 36.8 Å². The molecule has 1 aliphatic heterocycles. The van der Waals surface area contributed by atoms with E-state index in [1.165, 1.54) is 7.11 Å². The van der Waals surface area contributed by atoms with E-state index < -0.39 is 0 Å².